The summed E-state index contributed by atoms with van der Waals surface area (Å²) >= 11 is 0. The van der Waals surface area contributed by atoms with Crippen molar-refractivity contribution >= 4 is 24.0 Å². The number of hydrogen-bond donors (Lipinski definition) is 1. The number of nitrogen functional groups attached to an aromatic ring is 1. The van der Waals surface area contributed by atoms with Gasteiger partial charge in [-0.1, -0.05) is 17.7 Å². The highest BCUT2D eigenvalue weighted by Crippen LogP contribution is 2.11. The number of aryl methyl sites for hydroxylation is 1. The summed E-state index contributed by atoms with van der Waals surface area (Å²) in [4.78, 5) is 17.7. The highest BCUT2D eigenvalue weighted by Gasteiger charge is 2.12. The lowest BCUT2D eigenvalue weighted by molar-refractivity contribution is 0.0768. The van der Waals surface area contributed by atoms with Gasteiger partial charge in [0.1, 0.15) is 18.1 Å². The average Bonchev–Trinajstić information content (AvgIpc) is 2.49. The summed E-state index contributed by atoms with van der Waals surface area (Å²) in [6.45, 7) is 2.94. The molecule has 0 aliphatic heterocycles. The lowest BCUT2D eigenvalue weighted by Crippen LogP contribution is -2.31. The fourth-order valence-corrected chi connectivity index (χ4v) is 1.76. The minimum atomic E-state index is -0.150. The van der Waals surface area contributed by atoms with Gasteiger partial charge in [0.15, 0.2) is 0 Å². The molecular formula is C16H20ClN3O2. The van der Waals surface area contributed by atoms with Crippen LogP contribution in [0.4, 0.5) is 5.69 Å². The number of likely N-dealkylation sites (N-methyl/N-ethyl adjacent to an activating group) is 1. The van der Waals surface area contributed by atoms with Crippen molar-refractivity contribution in [2.24, 2.45) is 0 Å². The van der Waals surface area contributed by atoms with E-state index in [0.29, 0.717) is 24.5 Å². The van der Waals surface area contributed by atoms with E-state index >= 15 is 0 Å². The third-order valence-corrected chi connectivity index (χ3v) is 3.07. The van der Waals surface area contributed by atoms with E-state index in [1.165, 1.54) is 11.8 Å². The first kappa shape index (κ1) is 17.8. The van der Waals surface area contributed by atoms with Crippen LogP contribution < -0.4 is 10.5 Å². The summed E-state index contributed by atoms with van der Waals surface area (Å²) in [5.41, 5.74) is 7.65. The Kier molecular flexibility index (Phi) is 6.66. The number of benzene rings is 1. The second kappa shape index (κ2) is 8.24. The molecule has 0 unspecified atom stereocenters. The lowest BCUT2D eigenvalue weighted by Gasteiger charge is -2.17. The fourth-order valence-electron chi connectivity index (χ4n) is 1.76. The van der Waals surface area contributed by atoms with Crippen molar-refractivity contribution in [3.8, 4) is 5.75 Å². The minimum absolute atomic E-state index is 0. The topological polar surface area (TPSA) is 68.5 Å². The fraction of sp³-hybridized carbons (Fsp3) is 0.250. The van der Waals surface area contributed by atoms with Crippen LogP contribution in [-0.4, -0.2) is 36.0 Å². The maximum atomic E-state index is 12.1. The number of amides is 1. The van der Waals surface area contributed by atoms with Crippen LogP contribution in [0.3, 0.4) is 0 Å². The number of carbonyl (C=O) groups excluding carboxylic acids is 1. The van der Waals surface area contributed by atoms with E-state index in [0.717, 1.165) is 5.75 Å². The summed E-state index contributed by atoms with van der Waals surface area (Å²) in [6, 6.07) is 11.1. The number of nitrogens with zero attached hydrogens (tertiary/aromatic N) is 2. The van der Waals surface area contributed by atoms with E-state index in [4.69, 9.17) is 10.5 Å². The molecule has 1 aromatic heterocycles. The van der Waals surface area contributed by atoms with Crippen LogP contribution in [0.2, 0.25) is 0 Å². The summed E-state index contributed by atoms with van der Waals surface area (Å²) in [5.74, 6) is 0.648. The lowest BCUT2D eigenvalue weighted by atomic mass is 10.2. The molecule has 1 aromatic carbocycles. The molecule has 1 heterocycles. The van der Waals surface area contributed by atoms with Crippen LogP contribution >= 0.6 is 12.4 Å². The summed E-state index contributed by atoms with van der Waals surface area (Å²) in [7, 11) is 1.72. The zero-order chi connectivity index (χ0) is 15.2. The number of rotatable bonds is 5. The van der Waals surface area contributed by atoms with Crippen LogP contribution in [-0.2, 0) is 0 Å². The van der Waals surface area contributed by atoms with Gasteiger partial charge >= 0.3 is 0 Å². The van der Waals surface area contributed by atoms with Gasteiger partial charge in [0.2, 0.25) is 0 Å². The number of anilines is 1. The normalized spacial score (nSPS) is 9.73. The summed E-state index contributed by atoms with van der Waals surface area (Å²) in [5, 5.41) is 0. The quantitative estimate of drug-likeness (QED) is 0.919. The number of pyridine rings is 1. The van der Waals surface area contributed by atoms with E-state index in [1.54, 1.807) is 24.1 Å². The molecule has 5 nitrogen and oxygen atoms in total. The zero-order valence-electron chi connectivity index (χ0n) is 12.7. The first-order valence-electron chi connectivity index (χ1n) is 6.73. The van der Waals surface area contributed by atoms with Gasteiger partial charge in [0.05, 0.1) is 18.4 Å². The van der Waals surface area contributed by atoms with Crippen molar-refractivity contribution in [2.45, 2.75) is 6.92 Å². The van der Waals surface area contributed by atoms with Gasteiger partial charge in [-0.2, -0.15) is 0 Å². The molecule has 2 aromatic rings. The van der Waals surface area contributed by atoms with Crippen LogP contribution in [0.25, 0.3) is 0 Å². The second-order valence-corrected chi connectivity index (χ2v) is 4.86. The van der Waals surface area contributed by atoms with Crippen molar-refractivity contribution in [3.05, 3.63) is 53.9 Å². The van der Waals surface area contributed by atoms with Crippen LogP contribution in [0.1, 0.15) is 16.1 Å². The van der Waals surface area contributed by atoms with E-state index in [1.807, 2.05) is 31.2 Å². The SMILES string of the molecule is Cc1ccc(OCCN(C)C(=O)c2ccc(N)cn2)cc1.Cl. The molecular weight excluding hydrogens is 302 g/mol. The molecule has 2 rings (SSSR count). The zero-order valence-corrected chi connectivity index (χ0v) is 13.5. The van der Waals surface area contributed by atoms with Gasteiger partial charge in [-0.25, -0.2) is 4.98 Å². The predicted molar refractivity (Wildman–Crippen MR) is 89.5 cm³/mol. The first-order chi connectivity index (χ1) is 10.1. The molecule has 0 fully saturated rings. The maximum Gasteiger partial charge on any atom is 0.272 e. The molecule has 0 saturated heterocycles. The molecule has 1 amide bonds. The largest absolute Gasteiger partial charge is 0.492 e. The van der Waals surface area contributed by atoms with E-state index < -0.39 is 0 Å². The number of halogens is 1. The number of ether oxygens (including phenoxy) is 1. The Bertz CT molecular complexity index is 600. The highest BCUT2D eigenvalue weighted by atomic mass is 35.5. The molecule has 0 spiro atoms. The third-order valence-electron chi connectivity index (χ3n) is 3.07. The van der Waals surface area contributed by atoms with Crippen molar-refractivity contribution in [3.63, 3.8) is 0 Å². The molecule has 0 saturated carbocycles. The smallest absolute Gasteiger partial charge is 0.272 e. The number of hydrogen-bond acceptors (Lipinski definition) is 4. The Hall–Kier alpha value is -2.27. The van der Waals surface area contributed by atoms with Gasteiger partial charge in [0, 0.05) is 7.05 Å². The van der Waals surface area contributed by atoms with E-state index in [9.17, 15) is 4.79 Å². The maximum absolute atomic E-state index is 12.1. The Labute approximate surface area is 136 Å². The van der Waals surface area contributed by atoms with Gasteiger partial charge in [-0.05, 0) is 31.2 Å². The number of nitrogens with two attached hydrogens (primary N) is 1. The molecule has 0 atom stereocenters. The number of aromatic nitrogens is 1. The third kappa shape index (κ3) is 4.93. The molecule has 0 bridgehead atoms. The van der Waals surface area contributed by atoms with Crippen LogP contribution in [0.5, 0.6) is 5.75 Å². The molecule has 6 heteroatoms. The predicted octanol–water partition coefficient (Wildman–Crippen LogP) is 2.55. The van der Waals surface area contributed by atoms with E-state index in [-0.39, 0.29) is 18.3 Å². The van der Waals surface area contributed by atoms with Gasteiger partial charge in [-0.3, -0.25) is 4.79 Å². The Balaban J connectivity index is 0.00000242. The molecule has 22 heavy (non-hydrogen) atoms. The Morgan fingerprint density at radius 1 is 1.23 bits per heavy atom. The second-order valence-electron chi connectivity index (χ2n) is 4.86. The standard InChI is InChI=1S/C16H19N3O2.ClH/c1-12-3-6-14(7-4-12)21-10-9-19(2)16(20)15-8-5-13(17)11-18-15;/h3-8,11H,9-10,17H2,1-2H3;1H. The Morgan fingerprint density at radius 2 is 1.91 bits per heavy atom. The summed E-state index contributed by atoms with van der Waals surface area (Å²) < 4.78 is 5.60. The van der Waals surface area contributed by atoms with Crippen molar-refractivity contribution in [2.75, 3.05) is 25.9 Å². The molecule has 0 radical (unpaired) electrons. The van der Waals surface area contributed by atoms with Crippen LogP contribution in [0, 0.1) is 6.92 Å². The first-order valence-corrected chi connectivity index (χ1v) is 6.73. The van der Waals surface area contributed by atoms with Crippen molar-refractivity contribution in [1.82, 2.24) is 9.88 Å². The molecule has 0 aliphatic rings. The van der Waals surface area contributed by atoms with E-state index in [2.05, 4.69) is 4.98 Å². The van der Waals surface area contributed by atoms with Gasteiger partial charge in [-0.15, -0.1) is 12.4 Å². The average molecular weight is 322 g/mol. The van der Waals surface area contributed by atoms with Crippen molar-refractivity contribution < 1.29 is 9.53 Å². The van der Waals surface area contributed by atoms with Gasteiger partial charge < -0.3 is 15.4 Å². The van der Waals surface area contributed by atoms with Crippen molar-refractivity contribution in [1.29, 1.82) is 0 Å². The number of carbonyl (C=O) groups is 1. The highest BCUT2D eigenvalue weighted by molar-refractivity contribution is 5.92. The van der Waals surface area contributed by atoms with Gasteiger partial charge in [0.25, 0.3) is 5.91 Å². The monoisotopic (exact) mass is 321 g/mol. The summed E-state index contributed by atoms with van der Waals surface area (Å²) in [6.07, 6.45) is 1.48. The minimum Gasteiger partial charge on any atom is -0.492 e. The van der Waals surface area contributed by atoms with Crippen LogP contribution in [0.15, 0.2) is 42.6 Å². The Morgan fingerprint density at radius 3 is 2.50 bits per heavy atom. The molecule has 0 aliphatic carbocycles. The molecule has 118 valence electrons. The molecule has 2 N–H and O–H groups in total.